The van der Waals surface area contributed by atoms with Gasteiger partial charge in [-0.05, 0) is 31.7 Å². The van der Waals surface area contributed by atoms with Crippen molar-refractivity contribution in [2.24, 2.45) is 0 Å². The van der Waals surface area contributed by atoms with Gasteiger partial charge in [-0.3, -0.25) is 4.90 Å². The fourth-order valence-electron chi connectivity index (χ4n) is 3.65. The molecule has 4 nitrogen and oxygen atoms in total. The Morgan fingerprint density at radius 3 is 2.82 bits per heavy atom. The number of anilines is 1. The summed E-state index contributed by atoms with van der Waals surface area (Å²) in [6.07, 6.45) is 5.45. The molecule has 0 spiro atoms. The van der Waals surface area contributed by atoms with Gasteiger partial charge >= 0.3 is 0 Å². The molecule has 0 bridgehead atoms. The third-order valence-corrected chi connectivity index (χ3v) is 5.85. The second-order valence-corrected chi connectivity index (χ2v) is 7.54. The molecule has 1 aliphatic heterocycles. The number of aromatic nitrogens is 2. The maximum atomic E-state index is 4.65. The molecular weight excluding hydrogens is 292 g/mol. The van der Waals surface area contributed by atoms with Gasteiger partial charge in [-0.2, -0.15) is 0 Å². The van der Waals surface area contributed by atoms with Crippen LogP contribution in [0.1, 0.15) is 23.8 Å². The molecular formula is C17H22N4S. The highest BCUT2D eigenvalue weighted by molar-refractivity contribution is 7.19. The molecule has 2 aromatic heterocycles. The van der Waals surface area contributed by atoms with Gasteiger partial charge in [-0.1, -0.05) is 12.2 Å². The van der Waals surface area contributed by atoms with Crippen LogP contribution in [0.25, 0.3) is 10.2 Å². The molecule has 0 aromatic carbocycles. The fourth-order valence-corrected chi connectivity index (χ4v) is 4.87. The summed E-state index contributed by atoms with van der Waals surface area (Å²) in [4.78, 5) is 16.8. The molecule has 1 saturated heterocycles. The molecule has 2 aliphatic rings. The zero-order valence-electron chi connectivity index (χ0n) is 13.1. The second-order valence-electron chi connectivity index (χ2n) is 6.46. The number of nitrogens with zero attached hydrogens (tertiary/aromatic N) is 4. The predicted molar refractivity (Wildman–Crippen MR) is 92.9 cm³/mol. The van der Waals surface area contributed by atoms with Gasteiger partial charge in [0.15, 0.2) is 0 Å². The van der Waals surface area contributed by atoms with Crippen LogP contribution in [0.4, 0.5) is 5.82 Å². The molecule has 0 N–H and O–H groups in total. The number of piperazine rings is 1. The fraction of sp³-hybridized carbons (Fsp3) is 0.529. The molecule has 0 amide bonds. The Balaban J connectivity index is 1.61. The highest BCUT2D eigenvalue weighted by Gasteiger charge is 2.25. The van der Waals surface area contributed by atoms with Crippen LogP contribution in [0.5, 0.6) is 0 Å². The largest absolute Gasteiger partial charge is 0.353 e. The van der Waals surface area contributed by atoms with E-state index in [4.69, 9.17) is 0 Å². The minimum Gasteiger partial charge on any atom is -0.353 e. The molecule has 0 radical (unpaired) electrons. The summed E-state index contributed by atoms with van der Waals surface area (Å²) < 4.78 is 0. The molecule has 4 rings (SSSR count). The van der Waals surface area contributed by atoms with Gasteiger partial charge in [0, 0.05) is 37.6 Å². The lowest BCUT2D eigenvalue weighted by molar-refractivity contribution is 0.278. The van der Waals surface area contributed by atoms with Crippen molar-refractivity contribution in [1.82, 2.24) is 14.9 Å². The van der Waals surface area contributed by atoms with E-state index in [-0.39, 0.29) is 0 Å². The maximum absolute atomic E-state index is 4.65. The molecule has 116 valence electrons. The topological polar surface area (TPSA) is 32.3 Å². The molecule has 0 unspecified atom stereocenters. The Labute approximate surface area is 135 Å². The molecule has 2 aromatic rings. The summed E-state index contributed by atoms with van der Waals surface area (Å²) in [7, 11) is 0. The number of thiophene rings is 1. The van der Waals surface area contributed by atoms with E-state index >= 15 is 0 Å². The van der Waals surface area contributed by atoms with E-state index in [2.05, 4.69) is 33.3 Å². The molecule has 0 saturated carbocycles. The molecule has 0 atom stereocenters. The van der Waals surface area contributed by atoms with E-state index in [0.717, 1.165) is 32.7 Å². The number of fused-ring (bicyclic) bond motifs is 3. The quantitative estimate of drug-likeness (QED) is 0.816. The number of rotatable bonds is 3. The van der Waals surface area contributed by atoms with Crippen molar-refractivity contribution in [1.29, 1.82) is 0 Å². The van der Waals surface area contributed by atoms with E-state index in [9.17, 15) is 0 Å². The highest BCUT2D eigenvalue weighted by atomic mass is 32.1. The Kier molecular flexibility index (Phi) is 3.62. The lowest BCUT2D eigenvalue weighted by Gasteiger charge is -2.35. The van der Waals surface area contributed by atoms with Gasteiger partial charge in [0.25, 0.3) is 0 Å². The van der Waals surface area contributed by atoms with Crippen LogP contribution in [-0.4, -0.2) is 47.6 Å². The van der Waals surface area contributed by atoms with Crippen molar-refractivity contribution >= 4 is 27.4 Å². The first-order chi connectivity index (χ1) is 10.7. The van der Waals surface area contributed by atoms with Gasteiger partial charge in [-0.15, -0.1) is 11.3 Å². The molecule has 22 heavy (non-hydrogen) atoms. The summed E-state index contributed by atoms with van der Waals surface area (Å²) in [6.45, 7) is 11.4. The van der Waals surface area contributed by atoms with Crippen molar-refractivity contribution in [2.45, 2.75) is 26.2 Å². The van der Waals surface area contributed by atoms with Gasteiger partial charge < -0.3 is 4.90 Å². The Morgan fingerprint density at radius 2 is 2.05 bits per heavy atom. The van der Waals surface area contributed by atoms with Crippen molar-refractivity contribution in [2.75, 3.05) is 37.6 Å². The Hall–Kier alpha value is -1.46. The third kappa shape index (κ3) is 2.42. The monoisotopic (exact) mass is 314 g/mol. The van der Waals surface area contributed by atoms with Gasteiger partial charge in [0.1, 0.15) is 17.0 Å². The summed E-state index contributed by atoms with van der Waals surface area (Å²) >= 11 is 1.87. The minimum atomic E-state index is 1.01. The van der Waals surface area contributed by atoms with Gasteiger partial charge in [0.2, 0.25) is 0 Å². The van der Waals surface area contributed by atoms with Crippen LogP contribution in [0.3, 0.4) is 0 Å². The number of hydrogen-bond donors (Lipinski definition) is 0. The zero-order valence-corrected chi connectivity index (χ0v) is 14.0. The van der Waals surface area contributed by atoms with Crippen LogP contribution >= 0.6 is 11.3 Å². The number of aryl methyl sites for hydroxylation is 2. The first-order valence-electron chi connectivity index (χ1n) is 8.09. The van der Waals surface area contributed by atoms with Crippen LogP contribution in [0.2, 0.25) is 0 Å². The van der Waals surface area contributed by atoms with Crippen molar-refractivity contribution < 1.29 is 0 Å². The molecule has 5 heteroatoms. The molecule has 1 aliphatic carbocycles. The van der Waals surface area contributed by atoms with E-state index in [0.29, 0.717) is 0 Å². The summed E-state index contributed by atoms with van der Waals surface area (Å²) in [6, 6.07) is 0. The normalized spacial score (nSPS) is 18.9. The first kappa shape index (κ1) is 14.2. The van der Waals surface area contributed by atoms with Crippen molar-refractivity contribution in [3.8, 4) is 0 Å². The smallest absolute Gasteiger partial charge is 0.141 e. The summed E-state index contributed by atoms with van der Waals surface area (Å²) in [5.74, 6) is 1.17. The minimum absolute atomic E-state index is 1.01. The van der Waals surface area contributed by atoms with Crippen molar-refractivity contribution in [3.63, 3.8) is 0 Å². The number of hydrogen-bond acceptors (Lipinski definition) is 5. The first-order valence-corrected chi connectivity index (χ1v) is 8.91. The second kappa shape index (κ2) is 5.63. The van der Waals surface area contributed by atoms with Crippen LogP contribution in [0, 0.1) is 0 Å². The summed E-state index contributed by atoms with van der Waals surface area (Å²) in [5.41, 5.74) is 2.77. The van der Waals surface area contributed by atoms with E-state index in [1.54, 1.807) is 6.33 Å². The summed E-state index contributed by atoms with van der Waals surface area (Å²) in [5, 5.41) is 1.34. The average molecular weight is 314 g/mol. The zero-order chi connectivity index (χ0) is 15.1. The Bertz CT molecular complexity index is 713. The predicted octanol–water partition coefficient (Wildman–Crippen LogP) is 2.88. The van der Waals surface area contributed by atoms with Gasteiger partial charge in [0.05, 0.1) is 5.39 Å². The standard InChI is InChI=1S/C17H22N4S/c1-12(2)10-20-6-8-21(9-7-20)16-15-13-4-3-5-14(13)22-17(15)19-11-18-16/h11H,1,3-10H2,2H3. The maximum Gasteiger partial charge on any atom is 0.141 e. The highest BCUT2D eigenvalue weighted by Crippen LogP contribution is 2.40. The van der Waals surface area contributed by atoms with Crippen molar-refractivity contribution in [3.05, 3.63) is 28.9 Å². The van der Waals surface area contributed by atoms with Gasteiger partial charge in [-0.25, -0.2) is 9.97 Å². The van der Waals surface area contributed by atoms with E-state index in [1.807, 2.05) is 11.3 Å². The molecule has 1 fully saturated rings. The lowest BCUT2D eigenvalue weighted by Crippen LogP contribution is -2.47. The van der Waals surface area contributed by atoms with E-state index in [1.165, 1.54) is 51.3 Å². The van der Waals surface area contributed by atoms with Crippen LogP contribution < -0.4 is 4.90 Å². The van der Waals surface area contributed by atoms with Crippen LogP contribution in [0.15, 0.2) is 18.5 Å². The third-order valence-electron chi connectivity index (χ3n) is 4.65. The molecule has 3 heterocycles. The Morgan fingerprint density at radius 1 is 1.23 bits per heavy atom. The van der Waals surface area contributed by atoms with Crippen LogP contribution in [-0.2, 0) is 12.8 Å². The SMILES string of the molecule is C=C(C)CN1CCN(c2ncnc3sc4c(c23)CCC4)CC1. The lowest BCUT2D eigenvalue weighted by atomic mass is 10.1. The van der Waals surface area contributed by atoms with E-state index < -0.39 is 0 Å². The average Bonchev–Trinajstić information content (AvgIpc) is 3.07.